The van der Waals surface area contributed by atoms with Crippen molar-refractivity contribution >= 4 is 11.9 Å². The minimum absolute atomic E-state index is 0.125. The normalized spacial score (nSPS) is 19.0. The molecule has 1 aliphatic rings. The number of aliphatic carboxylic acids is 1. The van der Waals surface area contributed by atoms with E-state index in [1.54, 1.807) is 24.1 Å². The Morgan fingerprint density at radius 2 is 1.89 bits per heavy atom. The van der Waals surface area contributed by atoms with Crippen LogP contribution in [0.5, 0.6) is 11.5 Å². The van der Waals surface area contributed by atoms with E-state index in [2.05, 4.69) is 0 Å². The van der Waals surface area contributed by atoms with Crippen molar-refractivity contribution in [2.45, 2.75) is 12.8 Å². The maximum Gasteiger partial charge on any atom is 0.308 e. The number of benzene rings is 2. The molecule has 2 aromatic carbocycles. The Morgan fingerprint density at radius 1 is 1.15 bits per heavy atom. The summed E-state index contributed by atoms with van der Waals surface area (Å²) in [7, 11) is 1.60. The zero-order chi connectivity index (χ0) is 19.4. The number of carbonyl (C=O) groups is 2. The lowest BCUT2D eigenvalue weighted by Gasteiger charge is -2.17. The third-order valence-electron chi connectivity index (χ3n) is 4.95. The van der Waals surface area contributed by atoms with Crippen LogP contribution in [-0.2, 0) is 9.59 Å². The number of amides is 1. The number of aryl methyl sites for hydroxylation is 1. The van der Waals surface area contributed by atoms with Crippen LogP contribution < -0.4 is 9.47 Å². The average molecular weight is 369 g/mol. The number of carboxylic acid groups (broad SMARTS) is 1. The van der Waals surface area contributed by atoms with Crippen LogP contribution in [0.1, 0.15) is 17.0 Å². The van der Waals surface area contributed by atoms with Crippen molar-refractivity contribution in [2.75, 3.05) is 26.8 Å². The summed E-state index contributed by atoms with van der Waals surface area (Å²) in [6.45, 7) is 2.35. The quantitative estimate of drug-likeness (QED) is 0.847. The number of likely N-dealkylation sites (tertiary alicyclic amines) is 1. The molecule has 6 nitrogen and oxygen atoms in total. The molecule has 2 aromatic rings. The Kier molecular flexibility index (Phi) is 5.64. The van der Waals surface area contributed by atoms with Gasteiger partial charge in [-0.3, -0.25) is 9.59 Å². The SMILES string of the molecule is COc1ccc(OCC(=O)N2CC(C(=O)O)C(c3ccccc3)C2)cc1C. The zero-order valence-corrected chi connectivity index (χ0v) is 15.4. The number of hydrogen-bond acceptors (Lipinski definition) is 4. The number of nitrogens with zero attached hydrogens (tertiary/aromatic N) is 1. The van der Waals surface area contributed by atoms with Crippen LogP contribution >= 0.6 is 0 Å². The van der Waals surface area contributed by atoms with E-state index < -0.39 is 11.9 Å². The van der Waals surface area contributed by atoms with Gasteiger partial charge in [0.25, 0.3) is 5.91 Å². The molecule has 27 heavy (non-hydrogen) atoms. The standard InChI is InChI=1S/C21H23NO5/c1-14-10-16(8-9-19(14)26-2)27-13-20(23)22-11-17(18(12-22)21(24)25)15-6-4-3-5-7-15/h3-10,17-18H,11-13H2,1-2H3,(H,24,25). The predicted octanol–water partition coefficient (Wildman–Crippen LogP) is 2.71. The van der Waals surface area contributed by atoms with Crippen molar-refractivity contribution in [1.82, 2.24) is 4.90 Å². The highest BCUT2D eigenvalue weighted by Crippen LogP contribution is 2.33. The first kappa shape index (κ1) is 18.8. The molecule has 3 rings (SSSR count). The van der Waals surface area contributed by atoms with Crippen LogP contribution in [0.3, 0.4) is 0 Å². The molecule has 0 spiro atoms. The molecule has 2 unspecified atom stereocenters. The molecule has 0 saturated carbocycles. The number of methoxy groups -OCH3 is 1. The van der Waals surface area contributed by atoms with Gasteiger partial charge >= 0.3 is 5.97 Å². The molecule has 0 bridgehead atoms. The Hall–Kier alpha value is -3.02. The monoisotopic (exact) mass is 369 g/mol. The second-order valence-electron chi connectivity index (χ2n) is 6.68. The minimum Gasteiger partial charge on any atom is -0.496 e. The summed E-state index contributed by atoms with van der Waals surface area (Å²) in [5.41, 5.74) is 1.85. The largest absolute Gasteiger partial charge is 0.496 e. The third kappa shape index (κ3) is 4.22. The van der Waals surface area contributed by atoms with Gasteiger partial charge in [0, 0.05) is 19.0 Å². The van der Waals surface area contributed by atoms with Gasteiger partial charge in [-0.05, 0) is 36.2 Å². The molecule has 1 amide bonds. The van der Waals surface area contributed by atoms with E-state index in [-0.39, 0.29) is 25.0 Å². The van der Waals surface area contributed by atoms with E-state index in [1.807, 2.05) is 43.3 Å². The molecule has 1 heterocycles. The van der Waals surface area contributed by atoms with Gasteiger partial charge in [0.2, 0.25) is 0 Å². The lowest BCUT2D eigenvalue weighted by Crippen LogP contribution is -2.33. The van der Waals surface area contributed by atoms with E-state index in [0.29, 0.717) is 12.3 Å². The molecular formula is C21H23NO5. The average Bonchev–Trinajstić information content (AvgIpc) is 3.13. The van der Waals surface area contributed by atoms with Crippen molar-refractivity contribution in [3.8, 4) is 11.5 Å². The number of hydrogen-bond donors (Lipinski definition) is 1. The van der Waals surface area contributed by atoms with Crippen LogP contribution in [-0.4, -0.2) is 48.7 Å². The van der Waals surface area contributed by atoms with Crippen LogP contribution in [0.15, 0.2) is 48.5 Å². The first-order chi connectivity index (χ1) is 13.0. The number of ether oxygens (including phenoxy) is 2. The Labute approximate surface area is 158 Å². The van der Waals surface area contributed by atoms with Gasteiger partial charge in [0.1, 0.15) is 11.5 Å². The molecule has 0 aromatic heterocycles. The fourth-order valence-electron chi connectivity index (χ4n) is 3.47. The fourth-order valence-corrected chi connectivity index (χ4v) is 3.47. The molecule has 142 valence electrons. The molecular weight excluding hydrogens is 346 g/mol. The summed E-state index contributed by atoms with van der Waals surface area (Å²) >= 11 is 0. The summed E-state index contributed by atoms with van der Waals surface area (Å²) in [5, 5.41) is 9.55. The number of rotatable bonds is 6. The summed E-state index contributed by atoms with van der Waals surface area (Å²) in [5.74, 6) is -0.590. The van der Waals surface area contributed by atoms with Crippen molar-refractivity contribution in [1.29, 1.82) is 0 Å². The molecule has 1 N–H and O–H groups in total. The summed E-state index contributed by atoms with van der Waals surface area (Å²) in [6.07, 6.45) is 0. The number of carbonyl (C=O) groups excluding carboxylic acids is 1. The predicted molar refractivity (Wildman–Crippen MR) is 100 cm³/mol. The highest BCUT2D eigenvalue weighted by atomic mass is 16.5. The van der Waals surface area contributed by atoms with Gasteiger partial charge < -0.3 is 19.5 Å². The molecule has 1 fully saturated rings. The molecule has 0 aliphatic carbocycles. The smallest absolute Gasteiger partial charge is 0.308 e. The second-order valence-corrected chi connectivity index (χ2v) is 6.68. The fraction of sp³-hybridized carbons (Fsp3) is 0.333. The lowest BCUT2D eigenvalue weighted by atomic mass is 9.89. The van der Waals surface area contributed by atoms with E-state index in [9.17, 15) is 14.7 Å². The van der Waals surface area contributed by atoms with Gasteiger partial charge in [-0.25, -0.2) is 0 Å². The Balaban J connectivity index is 1.65. The van der Waals surface area contributed by atoms with Gasteiger partial charge in [-0.2, -0.15) is 0 Å². The topological polar surface area (TPSA) is 76.1 Å². The van der Waals surface area contributed by atoms with Gasteiger partial charge in [-0.1, -0.05) is 30.3 Å². The highest BCUT2D eigenvalue weighted by molar-refractivity contribution is 5.80. The molecule has 0 radical (unpaired) electrons. The van der Waals surface area contributed by atoms with Crippen LogP contribution in [0.25, 0.3) is 0 Å². The second kappa shape index (κ2) is 8.12. The van der Waals surface area contributed by atoms with Crippen LogP contribution in [0, 0.1) is 12.8 Å². The van der Waals surface area contributed by atoms with Crippen molar-refractivity contribution in [2.24, 2.45) is 5.92 Å². The van der Waals surface area contributed by atoms with Crippen molar-refractivity contribution < 1.29 is 24.2 Å². The van der Waals surface area contributed by atoms with E-state index >= 15 is 0 Å². The van der Waals surface area contributed by atoms with Crippen molar-refractivity contribution in [3.63, 3.8) is 0 Å². The third-order valence-corrected chi connectivity index (χ3v) is 4.95. The van der Waals surface area contributed by atoms with Crippen LogP contribution in [0.4, 0.5) is 0 Å². The zero-order valence-electron chi connectivity index (χ0n) is 15.4. The van der Waals surface area contributed by atoms with Gasteiger partial charge in [0.05, 0.1) is 13.0 Å². The van der Waals surface area contributed by atoms with Gasteiger partial charge in [-0.15, -0.1) is 0 Å². The molecule has 6 heteroatoms. The minimum atomic E-state index is -0.883. The van der Waals surface area contributed by atoms with E-state index in [0.717, 1.165) is 16.9 Å². The molecule has 1 saturated heterocycles. The first-order valence-corrected chi connectivity index (χ1v) is 8.82. The summed E-state index contributed by atoms with van der Waals surface area (Å²) < 4.78 is 10.8. The Bertz CT molecular complexity index is 821. The highest BCUT2D eigenvalue weighted by Gasteiger charge is 2.40. The van der Waals surface area contributed by atoms with Crippen LogP contribution in [0.2, 0.25) is 0 Å². The molecule has 1 aliphatic heterocycles. The molecule has 2 atom stereocenters. The Morgan fingerprint density at radius 3 is 2.52 bits per heavy atom. The van der Waals surface area contributed by atoms with E-state index in [4.69, 9.17) is 9.47 Å². The maximum absolute atomic E-state index is 12.6. The lowest BCUT2D eigenvalue weighted by molar-refractivity contribution is -0.142. The maximum atomic E-state index is 12.6. The van der Waals surface area contributed by atoms with Gasteiger partial charge in [0.15, 0.2) is 6.61 Å². The first-order valence-electron chi connectivity index (χ1n) is 8.82. The number of carboxylic acids is 1. The van der Waals surface area contributed by atoms with Crippen molar-refractivity contribution in [3.05, 3.63) is 59.7 Å². The summed E-state index contributed by atoms with van der Waals surface area (Å²) in [4.78, 5) is 25.8. The van der Waals surface area contributed by atoms with E-state index in [1.165, 1.54) is 0 Å². The summed E-state index contributed by atoms with van der Waals surface area (Å²) in [6, 6.07) is 14.8.